The van der Waals surface area contributed by atoms with Gasteiger partial charge in [-0.15, -0.1) is 11.3 Å². The second-order valence-corrected chi connectivity index (χ2v) is 8.17. The van der Waals surface area contributed by atoms with E-state index in [1.54, 1.807) is 11.3 Å². The fourth-order valence-electron chi connectivity index (χ4n) is 3.49. The van der Waals surface area contributed by atoms with Crippen molar-refractivity contribution in [2.75, 3.05) is 0 Å². The van der Waals surface area contributed by atoms with E-state index in [2.05, 4.69) is 16.5 Å². The first-order valence-corrected chi connectivity index (χ1v) is 9.94. The van der Waals surface area contributed by atoms with Crippen LogP contribution in [0.5, 0.6) is 5.75 Å². The maximum atomic E-state index is 6.30. The smallest absolute Gasteiger partial charge is 0.222 e. The number of halogens is 2. The molecule has 3 heterocycles. The first-order valence-electron chi connectivity index (χ1n) is 8.30. The van der Waals surface area contributed by atoms with Crippen molar-refractivity contribution in [1.82, 2.24) is 5.01 Å². The summed E-state index contributed by atoms with van der Waals surface area (Å²) in [6.45, 7) is 0. The Morgan fingerprint density at radius 1 is 1.04 bits per heavy atom. The maximum absolute atomic E-state index is 6.30. The van der Waals surface area contributed by atoms with Gasteiger partial charge >= 0.3 is 0 Å². The number of benzene rings is 2. The molecule has 5 rings (SSSR count). The SMILES string of the molecule is Clc1ccc(C2=NN3[C@H](C2)c2cc(Cl)ccc2O[C@@H]3c2cccs2)cc1. The summed E-state index contributed by atoms with van der Waals surface area (Å²) in [5.74, 6) is 0.876. The Morgan fingerprint density at radius 2 is 1.85 bits per heavy atom. The fraction of sp³-hybridized carbons (Fsp3) is 0.150. The Balaban J connectivity index is 1.60. The minimum absolute atomic E-state index is 0.107. The summed E-state index contributed by atoms with van der Waals surface area (Å²) in [4.78, 5) is 1.14. The molecule has 130 valence electrons. The van der Waals surface area contributed by atoms with Crippen molar-refractivity contribution < 1.29 is 4.74 Å². The third-order valence-electron chi connectivity index (χ3n) is 4.72. The van der Waals surface area contributed by atoms with Gasteiger partial charge in [0.25, 0.3) is 0 Å². The van der Waals surface area contributed by atoms with Crippen LogP contribution in [-0.2, 0) is 0 Å². The molecule has 1 aromatic heterocycles. The summed E-state index contributed by atoms with van der Waals surface area (Å²) >= 11 is 14.0. The highest BCUT2D eigenvalue weighted by atomic mass is 35.5. The molecule has 0 spiro atoms. The fourth-order valence-corrected chi connectivity index (χ4v) is 4.54. The normalized spacial score (nSPS) is 21.0. The van der Waals surface area contributed by atoms with Gasteiger partial charge in [-0.1, -0.05) is 41.4 Å². The van der Waals surface area contributed by atoms with Gasteiger partial charge in [0.15, 0.2) is 0 Å². The van der Waals surface area contributed by atoms with Gasteiger partial charge in [-0.05, 0) is 47.3 Å². The molecule has 0 bridgehead atoms. The molecule has 3 aromatic rings. The van der Waals surface area contributed by atoms with Crippen molar-refractivity contribution in [1.29, 1.82) is 0 Å². The number of rotatable bonds is 2. The van der Waals surface area contributed by atoms with Gasteiger partial charge in [-0.25, -0.2) is 5.01 Å². The van der Waals surface area contributed by atoms with E-state index in [1.165, 1.54) is 0 Å². The summed E-state index contributed by atoms with van der Waals surface area (Å²) in [6.07, 6.45) is 0.582. The maximum Gasteiger partial charge on any atom is 0.222 e. The van der Waals surface area contributed by atoms with Crippen LogP contribution in [0.2, 0.25) is 10.0 Å². The summed E-state index contributed by atoms with van der Waals surface area (Å²) < 4.78 is 6.30. The van der Waals surface area contributed by atoms with Crippen molar-refractivity contribution in [3.63, 3.8) is 0 Å². The molecule has 2 aliphatic heterocycles. The van der Waals surface area contributed by atoms with Gasteiger partial charge in [-0.2, -0.15) is 5.10 Å². The van der Waals surface area contributed by atoms with E-state index in [0.717, 1.165) is 38.9 Å². The average Bonchev–Trinajstić information content (AvgIpc) is 3.32. The molecule has 0 saturated carbocycles. The molecular formula is C20H14Cl2N2OS. The van der Waals surface area contributed by atoms with E-state index in [9.17, 15) is 0 Å². The average molecular weight is 401 g/mol. The Kier molecular flexibility index (Phi) is 3.92. The first-order chi connectivity index (χ1) is 12.7. The third-order valence-corrected chi connectivity index (χ3v) is 6.11. The second-order valence-electron chi connectivity index (χ2n) is 6.32. The molecule has 2 aliphatic rings. The number of fused-ring (bicyclic) bond motifs is 3. The highest BCUT2D eigenvalue weighted by Crippen LogP contribution is 2.48. The summed E-state index contributed by atoms with van der Waals surface area (Å²) in [5.41, 5.74) is 3.19. The van der Waals surface area contributed by atoms with Crippen molar-refractivity contribution in [2.24, 2.45) is 5.10 Å². The molecule has 0 amide bonds. The van der Waals surface area contributed by atoms with E-state index in [4.69, 9.17) is 33.0 Å². The Labute approximate surface area is 165 Å². The quantitative estimate of drug-likeness (QED) is 0.504. The van der Waals surface area contributed by atoms with Gasteiger partial charge < -0.3 is 4.74 Å². The molecule has 2 aromatic carbocycles. The largest absolute Gasteiger partial charge is 0.464 e. The van der Waals surface area contributed by atoms with Gasteiger partial charge in [-0.3, -0.25) is 0 Å². The summed E-state index contributed by atoms with van der Waals surface area (Å²) in [5, 5.41) is 10.5. The first kappa shape index (κ1) is 16.2. The van der Waals surface area contributed by atoms with E-state index in [0.29, 0.717) is 5.02 Å². The minimum atomic E-state index is -0.224. The number of hydrogen-bond donors (Lipinski definition) is 0. The lowest BCUT2D eigenvalue weighted by Crippen LogP contribution is -2.33. The van der Waals surface area contributed by atoms with Crippen LogP contribution in [0.15, 0.2) is 65.1 Å². The van der Waals surface area contributed by atoms with Crippen molar-refractivity contribution in [2.45, 2.75) is 18.7 Å². The van der Waals surface area contributed by atoms with E-state index < -0.39 is 0 Å². The minimum Gasteiger partial charge on any atom is -0.464 e. The lowest BCUT2D eigenvalue weighted by molar-refractivity contribution is -0.0165. The zero-order valence-corrected chi connectivity index (χ0v) is 15.9. The zero-order valence-electron chi connectivity index (χ0n) is 13.6. The van der Waals surface area contributed by atoms with Crippen LogP contribution in [-0.4, -0.2) is 10.7 Å². The predicted molar refractivity (Wildman–Crippen MR) is 106 cm³/mol. The molecule has 0 unspecified atom stereocenters. The van der Waals surface area contributed by atoms with Crippen LogP contribution in [0.25, 0.3) is 0 Å². The lowest BCUT2D eigenvalue weighted by atomic mass is 9.96. The molecule has 6 heteroatoms. The van der Waals surface area contributed by atoms with Gasteiger partial charge in [0.05, 0.1) is 16.6 Å². The van der Waals surface area contributed by atoms with Crippen LogP contribution in [0, 0.1) is 0 Å². The van der Waals surface area contributed by atoms with E-state index in [-0.39, 0.29) is 12.3 Å². The topological polar surface area (TPSA) is 24.8 Å². The summed E-state index contributed by atoms with van der Waals surface area (Å²) in [7, 11) is 0. The van der Waals surface area contributed by atoms with Crippen LogP contribution in [0.3, 0.4) is 0 Å². The number of ether oxygens (including phenoxy) is 1. The number of hydrazone groups is 1. The molecular weight excluding hydrogens is 387 g/mol. The molecule has 0 N–H and O–H groups in total. The monoisotopic (exact) mass is 400 g/mol. The molecule has 0 aliphatic carbocycles. The number of hydrogen-bond acceptors (Lipinski definition) is 4. The van der Waals surface area contributed by atoms with Crippen LogP contribution < -0.4 is 4.74 Å². The van der Waals surface area contributed by atoms with Crippen LogP contribution >= 0.6 is 34.5 Å². The second kappa shape index (κ2) is 6.31. The zero-order chi connectivity index (χ0) is 17.7. The predicted octanol–water partition coefficient (Wildman–Crippen LogP) is 6.30. The summed E-state index contributed by atoms with van der Waals surface area (Å²) in [6, 6.07) is 17.9. The number of nitrogens with zero attached hydrogens (tertiary/aromatic N) is 2. The highest BCUT2D eigenvalue weighted by molar-refractivity contribution is 7.10. The van der Waals surface area contributed by atoms with Crippen molar-refractivity contribution in [3.05, 3.63) is 86.0 Å². The third kappa shape index (κ3) is 2.69. The van der Waals surface area contributed by atoms with Gasteiger partial charge in [0.2, 0.25) is 6.23 Å². The van der Waals surface area contributed by atoms with E-state index in [1.807, 2.05) is 48.5 Å². The molecule has 2 atom stereocenters. The standard InChI is InChI=1S/C20H14Cl2N2OS/c21-13-5-3-12(4-6-13)16-11-17-15-10-14(22)7-8-18(15)25-20(24(17)23-16)19-2-1-9-26-19/h1-10,17,20H,11H2/t17-,20-/m1/s1. The highest BCUT2D eigenvalue weighted by Gasteiger charge is 2.41. The van der Waals surface area contributed by atoms with Gasteiger partial charge in [0, 0.05) is 22.0 Å². The number of thiophene rings is 1. The Hall–Kier alpha value is -2.01. The Bertz CT molecular complexity index is 986. The molecule has 0 radical (unpaired) electrons. The van der Waals surface area contributed by atoms with Gasteiger partial charge in [0.1, 0.15) is 5.75 Å². The molecule has 0 fully saturated rings. The Morgan fingerprint density at radius 3 is 2.62 bits per heavy atom. The molecule has 3 nitrogen and oxygen atoms in total. The van der Waals surface area contributed by atoms with Crippen molar-refractivity contribution in [3.8, 4) is 5.75 Å². The van der Waals surface area contributed by atoms with E-state index >= 15 is 0 Å². The van der Waals surface area contributed by atoms with Crippen LogP contribution in [0.4, 0.5) is 0 Å². The van der Waals surface area contributed by atoms with Crippen molar-refractivity contribution >= 4 is 40.3 Å². The molecule has 26 heavy (non-hydrogen) atoms. The van der Waals surface area contributed by atoms with Crippen LogP contribution in [0.1, 0.15) is 34.7 Å². The molecule has 0 saturated heterocycles. The lowest BCUT2D eigenvalue weighted by Gasteiger charge is -2.37.